The number of benzene rings is 2. The third-order valence-electron chi connectivity index (χ3n) is 4.20. The zero-order valence-corrected chi connectivity index (χ0v) is 14.4. The van der Waals surface area contributed by atoms with Crippen molar-refractivity contribution < 1.29 is 23.9 Å². The molecule has 0 spiro atoms. The van der Waals surface area contributed by atoms with Gasteiger partial charge in [0.2, 0.25) is 0 Å². The highest BCUT2D eigenvalue weighted by Gasteiger charge is 2.29. The summed E-state index contributed by atoms with van der Waals surface area (Å²) in [5, 5.41) is 0. The Morgan fingerprint density at radius 2 is 1.88 bits per heavy atom. The van der Waals surface area contributed by atoms with Gasteiger partial charge in [-0.2, -0.15) is 0 Å². The minimum atomic E-state index is -0.918. The number of amides is 1. The van der Waals surface area contributed by atoms with Gasteiger partial charge in [-0.1, -0.05) is 30.3 Å². The summed E-state index contributed by atoms with van der Waals surface area (Å²) in [7, 11) is 0. The van der Waals surface area contributed by atoms with E-state index in [1.54, 1.807) is 36.1 Å². The minimum absolute atomic E-state index is 0.267. The Hall–Kier alpha value is -3.15. The highest BCUT2D eigenvalue weighted by atomic mass is 16.6. The average Bonchev–Trinajstić information content (AvgIpc) is 3.10. The summed E-state index contributed by atoms with van der Waals surface area (Å²) in [5.74, 6) is -0.637. The first-order valence-electron chi connectivity index (χ1n) is 8.36. The quantitative estimate of drug-likeness (QED) is 0.589. The molecule has 0 saturated carbocycles. The fraction of sp³-hybridized carbons (Fsp3) is 0.250. The van der Waals surface area contributed by atoms with Crippen molar-refractivity contribution in [2.45, 2.75) is 19.4 Å². The van der Waals surface area contributed by atoms with Crippen LogP contribution in [0, 0.1) is 0 Å². The smallest absolute Gasteiger partial charge is 0.344 e. The van der Waals surface area contributed by atoms with Crippen molar-refractivity contribution in [3.05, 3.63) is 59.7 Å². The Balaban J connectivity index is 1.56. The molecule has 2 aromatic carbocycles. The molecular formula is C20H19NO5. The second-order valence-corrected chi connectivity index (χ2v) is 5.95. The van der Waals surface area contributed by atoms with Crippen LogP contribution in [0.15, 0.2) is 48.5 Å². The van der Waals surface area contributed by atoms with Crippen LogP contribution in [0.25, 0.3) is 0 Å². The fourth-order valence-electron chi connectivity index (χ4n) is 2.91. The summed E-state index contributed by atoms with van der Waals surface area (Å²) in [6.45, 7) is 1.74. The number of nitrogens with zero attached hydrogens (tertiary/aromatic N) is 1. The molecule has 0 radical (unpaired) electrons. The predicted octanol–water partition coefficient (Wildman–Crippen LogP) is 2.40. The van der Waals surface area contributed by atoms with Crippen molar-refractivity contribution in [3.8, 4) is 5.75 Å². The Kier molecular flexibility index (Phi) is 5.31. The molecular weight excluding hydrogens is 334 g/mol. The van der Waals surface area contributed by atoms with E-state index in [4.69, 9.17) is 9.47 Å². The first kappa shape index (κ1) is 17.7. The van der Waals surface area contributed by atoms with Crippen LogP contribution in [0.1, 0.15) is 22.8 Å². The van der Waals surface area contributed by atoms with Gasteiger partial charge in [-0.15, -0.1) is 0 Å². The maximum Gasteiger partial charge on any atom is 0.344 e. The molecule has 0 saturated heterocycles. The van der Waals surface area contributed by atoms with Crippen LogP contribution in [0.4, 0.5) is 5.69 Å². The molecule has 0 aromatic heterocycles. The van der Waals surface area contributed by atoms with Gasteiger partial charge in [0.1, 0.15) is 5.75 Å². The molecule has 1 heterocycles. The first-order valence-corrected chi connectivity index (χ1v) is 8.36. The monoisotopic (exact) mass is 353 g/mol. The van der Waals surface area contributed by atoms with Crippen LogP contribution in [-0.4, -0.2) is 37.4 Å². The average molecular weight is 353 g/mol. The number of esters is 1. The topological polar surface area (TPSA) is 72.9 Å². The number of hydrogen-bond donors (Lipinski definition) is 0. The molecule has 0 aliphatic carbocycles. The molecule has 1 aliphatic rings. The Labute approximate surface area is 151 Å². The molecule has 0 bridgehead atoms. The zero-order valence-electron chi connectivity index (χ0n) is 14.4. The van der Waals surface area contributed by atoms with Crippen LogP contribution in [0.3, 0.4) is 0 Å². The molecule has 6 nitrogen and oxygen atoms in total. The molecule has 3 rings (SSSR count). The van der Waals surface area contributed by atoms with Crippen molar-refractivity contribution in [2.24, 2.45) is 0 Å². The fourth-order valence-corrected chi connectivity index (χ4v) is 2.91. The highest BCUT2D eigenvalue weighted by Crippen LogP contribution is 2.28. The number of hydrogen-bond acceptors (Lipinski definition) is 5. The van der Waals surface area contributed by atoms with E-state index in [9.17, 15) is 14.4 Å². The largest absolute Gasteiger partial charge is 0.481 e. The molecule has 6 heteroatoms. The Bertz CT molecular complexity index is 832. The molecule has 1 atom stereocenters. The van der Waals surface area contributed by atoms with Crippen LogP contribution >= 0.6 is 0 Å². The molecule has 0 N–H and O–H groups in total. The van der Waals surface area contributed by atoms with E-state index in [2.05, 4.69) is 0 Å². The van der Waals surface area contributed by atoms with Crippen molar-refractivity contribution in [2.75, 3.05) is 18.1 Å². The second-order valence-electron chi connectivity index (χ2n) is 5.95. The number of carbonyl (C=O) groups is 3. The number of aldehydes is 1. The van der Waals surface area contributed by atoms with E-state index >= 15 is 0 Å². The third-order valence-corrected chi connectivity index (χ3v) is 4.20. The molecule has 1 aliphatic heterocycles. The molecule has 26 heavy (non-hydrogen) atoms. The van der Waals surface area contributed by atoms with Crippen LogP contribution in [0.5, 0.6) is 5.75 Å². The number of fused-ring (bicyclic) bond motifs is 1. The Morgan fingerprint density at radius 3 is 2.69 bits per heavy atom. The van der Waals surface area contributed by atoms with Gasteiger partial charge < -0.3 is 14.4 Å². The van der Waals surface area contributed by atoms with E-state index in [-0.39, 0.29) is 12.5 Å². The van der Waals surface area contributed by atoms with Crippen LogP contribution in [-0.2, 0) is 20.7 Å². The van der Waals surface area contributed by atoms with Gasteiger partial charge in [-0.25, -0.2) is 4.79 Å². The zero-order chi connectivity index (χ0) is 18.5. The van der Waals surface area contributed by atoms with Crippen LogP contribution < -0.4 is 9.64 Å². The van der Waals surface area contributed by atoms with E-state index in [1.165, 1.54) is 0 Å². The summed E-state index contributed by atoms with van der Waals surface area (Å²) < 4.78 is 10.5. The lowest BCUT2D eigenvalue weighted by Gasteiger charge is -2.21. The molecule has 0 unspecified atom stereocenters. The maximum absolute atomic E-state index is 12.6. The van der Waals surface area contributed by atoms with E-state index in [0.717, 1.165) is 17.7 Å². The molecule has 2 aromatic rings. The lowest BCUT2D eigenvalue weighted by Crippen LogP contribution is -2.39. The van der Waals surface area contributed by atoms with Crippen molar-refractivity contribution >= 4 is 23.9 Å². The van der Waals surface area contributed by atoms with Crippen molar-refractivity contribution in [1.82, 2.24) is 0 Å². The van der Waals surface area contributed by atoms with Crippen molar-refractivity contribution in [3.63, 3.8) is 0 Å². The molecule has 1 amide bonds. The molecule has 0 fully saturated rings. The summed E-state index contributed by atoms with van der Waals surface area (Å²) in [6.07, 6.45) is 0.518. The molecule has 134 valence electrons. The second kappa shape index (κ2) is 7.82. The lowest BCUT2D eigenvalue weighted by atomic mass is 10.2. The van der Waals surface area contributed by atoms with Gasteiger partial charge in [0.25, 0.3) is 5.91 Å². The summed E-state index contributed by atoms with van der Waals surface area (Å²) in [4.78, 5) is 37.1. The van der Waals surface area contributed by atoms with Gasteiger partial charge in [0, 0.05) is 12.2 Å². The summed E-state index contributed by atoms with van der Waals surface area (Å²) >= 11 is 0. The highest BCUT2D eigenvalue weighted by molar-refractivity contribution is 5.99. The van der Waals surface area contributed by atoms with Crippen molar-refractivity contribution in [1.29, 1.82) is 0 Å². The normalized spacial score (nSPS) is 13.7. The first-order chi connectivity index (χ1) is 12.6. The van der Waals surface area contributed by atoms with E-state index < -0.39 is 12.1 Å². The number of ether oxygens (including phenoxy) is 2. The van der Waals surface area contributed by atoms with Gasteiger partial charge in [-0.3, -0.25) is 9.59 Å². The predicted molar refractivity (Wildman–Crippen MR) is 95.4 cm³/mol. The number of anilines is 1. The minimum Gasteiger partial charge on any atom is -0.481 e. The van der Waals surface area contributed by atoms with E-state index in [1.807, 2.05) is 24.3 Å². The number of carbonyl (C=O) groups excluding carboxylic acids is 3. The SMILES string of the molecule is C[C@@H](OC(=O)COc1ccccc1C=O)C(=O)N1CCc2ccccc21. The number of rotatable bonds is 6. The van der Waals surface area contributed by atoms with Gasteiger partial charge in [-0.05, 0) is 37.1 Å². The standard InChI is InChI=1S/C20H19NO5/c1-14(20(24)21-11-10-15-6-2-4-8-17(15)21)26-19(23)13-25-18-9-5-3-7-16(18)12-22/h2-9,12,14H,10-11,13H2,1H3/t14-/m1/s1. The summed E-state index contributed by atoms with van der Waals surface area (Å²) in [6, 6.07) is 14.3. The summed E-state index contributed by atoms with van der Waals surface area (Å²) in [5.41, 5.74) is 2.31. The Morgan fingerprint density at radius 1 is 1.15 bits per heavy atom. The van der Waals surface area contributed by atoms with Gasteiger partial charge in [0.05, 0.1) is 5.56 Å². The van der Waals surface area contributed by atoms with E-state index in [0.29, 0.717) is 24.1 Å². The van der Waals surface area contributed by atoms with Gasteiger partial charge >= 0.3 is 5.97 Å². The maximum atomic E-state index is 12.6. The lowest BCUT2D eigenvalue weighted by molar-refractivity contribution is -0.155. The van der Waals surface area contributed by atoms with Gasteiger partial charge in [0.15, 0.2) is 19.0 Å². The number of para-hydroxylation sites is 2. The van der Waals surface area contributed by atoms with Crippen LogP contribution in [0.2, 0.25) is 0 Å². The third kappa shape index (κ3) is 3.74.